The van der Waals surface area contributed by atoms with Crippen molar-refractivity contribution in [1.29, 1.82) is 0 Å². The van der Waals surface area contributed by atoms with Crippen LogP contribution in [0.5, 0.6) is 0 Å². The first-order chi connectivity index (χ1) is 11.2. The second kappa shape index (κ2) is 7.45. The van der Waals surface area contributed by atoms with E-state index in [1.165, 1.54) is 12.0 Å². The van der Waals surface area contributed by atoms with Crippen molar-refractivity contribution in [2.24, 2.45) is 5.41 Å². The minimum atomic E-state index is -0.0910. The number of hydrogen-bond acceptors (Lipinski definition) is 3. The predicted octanol–water partition coefficient (Wildman–Crippen LogP) is 2.76. The number of morpholine rings is 1. The monoisotopic (exact) mass is 316 g/mol. The Hall–Kier alpha value is -1.39. The van der Waals surface area contributed by atoms with Crippen molar-refractivity contribution in [1.82, 2.24) is 10.2 Å². The zero-order valence-corrected chi connectivity index (χ0v) is 14.1. The fraction of sp³-hybridized carbons (Fsp3) is 0.632. The molecule has 1 atom stereocenters. The molecule has 0 aromatic heterocycles. The predicted molar refractivity (Wildman–Crippen MR) is 91.2 cm³/mol. The van der Waals surface area contributed by atoms with E-state index in [9.17, 15) is 4.79 Å². The number of nitrogens with zero attached hydrogens (tertiary/aromatic N) is 1. The van der Waals surface area contributed by atoms with Crippen LogP contribution < -0.4 is 5.32 Å². The van der Waals surface area contributed by atoms with E-state index in [1.54, 1.807) is 0 Å². The van der Waals surface area contributed by atoms with Crippen LogP contribution in [0.2, 0.25) is 0 Å². The van der Waals surface area contributed by atoms with Gasteiger partial charge in [0.1, 0.15) is 0 Å². The van der Waals surface area contributed by atoms with Crippen molar-refractivity contribution in [3.63, 3.8) is 0 Å². The van der Waals surface area contributed by atoms with E-state index in [1.807, 2.05) is 6.07 Å². The molecule has 3 rings (SSSR count). The van der Waals surface area contributed by atoms with Gasteiger partial charge in [-0.3, -0.25) is 9.69 Å². The minimum Gasteiger partial charge on any atom is -0.379 e. The molecule has 1 aliphatic carbocycles. The molecule has 1 N–H and O–H groups in total. The van der Waals surface area contributed by atoms with Crippen LogP contribution in [0.15, 0.2) is 30.3 Å². The van der Waals surface area contributed by atoms with Crippen LogP contribution in [0.25, 0.3) is 0 Å². The molecule has 1 saturated heterocycles. The summed E-state index contributed by atoms with van der Waals surface area (Å²) in [5.74, 6) is 0.250. The molecule has 1 saturated carbocycles. The van der Waals surface area contributed by atoms with Gasteiger partial charge in [0.25, 0.3) is 0 Å². The molecular weight excluding hydrogens is 288 g/mol. The molecule has 23 heavy (non-hydrogen) atoms. The maximum Gasteiger partial charge on any atom is 0.226 e. The highest BCUT2D eigenvalue weighted by atomic mass is 16.5. The van der Waals surface area contributed by atoms with E-state index >= 15 is 0 Å². The number of hydrogen-bond donors (Lipinski definition) is 1. The van der Waals surface area contributed by atoms with Crippen LogP contribution in [-0.4, -0.2) is 43.7 Å². The number of rotatable bonds is 6. The van der Waals surface area contributed by atoms with Gasteiger partial charge in [-0.2, -0.15) is 0 Å². The van der Waals surface area contributed by atoms with Gasteiger partial charge in [0, 0.05) is 25.0 Å². The third kappa shape index (κ3) is 3.59. The number of amides is 1. The van der Waals surface area contributed by atoms with E-state index in [0.717, 1.165) is 45.6 Å². The summed E-state index contributed by atoms with van der Waals surface area (Å²) in [6, 6.07) is 10.7. The molecule has 1 aromatic rings. The number of benzene rings is 1. The van der Waals surface area contributed by atoms with Crippen LogP contribution in [0, 0.1) is 5.41 Å². The number of ether oxygens (including phenoxy) is 1. The molecule has 1 aromatic carbocycles. The molecule has 0 radical (unpaired) electrons. The lowest BCUT2D eigenvalue weighted by molar-refractivity contribution is -0.136. The summed E-state index contributed by atoms with van der Waals surface area (Å²) in [4.78, 5) is 15.1. The summed E-state index contributed by atoms with van der Waals surface area (Å²) >= 11 is 0. The van der Waals surface area contributed by atoms with Gasteiger partial charge in [-0.15, -0.1) is 0 Å². The normalized spacial score (nSPS) is 22.1. The van der Waals surface area contributed by atoms with E-state index in [-0.39, 0.29) is 17.4 Å². The first-order valence-electron chi connectivity index (χ1n) is 8.90. The van der Waals surface area contributed by atoms with Gasteiger partial charge in [-0.05, 0) is 24.8 Å². The molecular formula is C19H28N2O2. The first-order valence-corrected chi connectivity index (χ1v) is 8.90. The van der Waals surface area contributed by atoms with Gasteiger partial charge in [-0.1, -0.05) is 43.7 Å². The Morgan fingerprint density at radius 1 is 1.26 bits per heavy atom. The second-order valence-electron chi connectivity index (χ2n) is 6.77. The van der Waals surface area contributed by atoms with Gasteiger partial charge in [0.2, 0.25) is 5.91 Å². The SMILES string of the molecule is CCC1(C(=O)NC[C@H](c2ccccc2)N2CCOCC2)CCC1. The maximum atomic E-state index is 12.6. The Bertz CT molecular complexity index is 502. The van der Waals surface area contributed by atoms with E-state index < -0.39 is 0 Å². The molecule has 0 unspecified atom stereocenters. The van der Waals surface area contributed by atoms with Crippen LogP contribution in [0.4, 0.5) is 0 Å². The topological polar surface area (TPSA) is 41.6 Å². The molecule has 4 nitrogen and oxygen atoms in total. The van der Waals surface area contributed by atoms with Gasteiger partial charge in [0.15, 0.2) is 0 Å². The zero-order valence-electron chi connectivity index (χ0n) is 14.1. The molecule has 1 amide bonds. The van der Waals surface area contributed by atoms with Crippen LogP contribution in [0.1, 0.15) is 44.2 Å². The highest BCUT2D eigenvalue weighted by molar-refractivity contribution is 5.83. The van der Waals surface area contributed by atoms with Crippen LogP contribution in [0.3, 0.4) is 0 Å². The smallest absolute Gasteiger partial charge is 0.226 e. The average molecular weight is 316 g/mol. The van der Waals surface area contributed by atoms with Crippen LogP contribution in [-0.2, 0) is 9.53 Å². The van der Waals surface area contributed by atoms with Crippen molar-refractivity contribution < 1.29 is 9.53 Å². The fourth-order valence-corrected chi connectivity index (χ4v) is 3.74. The summed E-state index contributed by atoms with van der Waals surface area (Å²) in [6.07, 6.45) is 4.23. The van der Waals surface area contributed by atoms with E-state index in [0.29, 0.717) is 6.54 Å². The zero-order chi connectivity index (χ0) is 16.1. The lowest BCUT2D eigenvalue weighted by atomic mass is 9.66. The molecule has 2 fully saturated rings. The van der Waals surface area contributed by atoms with Crippen molar-refractivity contribution in [3.05, 3.63) is 35.9 Å². The highest BCUT2D eigenvalue weighted by Gasteiger charge is 2.42. The average Bonchev–Trinajstić information content (AvgIpc) is 2.56. The number of nitrogens with one attached hydrogen (secondary N) is 1. The third-order valence-corrected chi connectivity index (χ3v) is 5.60. The molecule has 0 bridgehead atoms. The summed E-state index contributed by atoms with van der Waals surface area (Å²) < 4.78 is 5.48. The molecule has 0 spiro atoms. The number of carbonyl (C=O) groups is 1. The van der Waals surface area contributed by atoms with Crippen LogP contribution >= 0.6 is 0 Å². The Morgan fingerprint density at radius 3 is 2.52 bits per heavy atom. The van der Waals surface area contributed by atoms with E-state index in [4.69, 9.17) is 4.74 Å². The lowest BCUT2D eigenvalue weighted by Gasteiger charge is -2.41. The van der Waals surface area contributed by atoms with Gasteiger partial charge in [0.05, 0.1) is 19.3 Å². The fourth-order valence-electron chi connectivity index (χ4n) is 3.74. The summed E-state index contributed by atoms with van der Waals surface area (Å²) in [5, 5.41) is 3.25. The largest absolute Gasteiger partial charge is 0.379 e. The summed E-state index contributed by atoms with van der Waals surface area (Å²) in [5.41, 5.74) is 1.18. The molecule has 2 aliphatic rings. The second-order valence-corrected chi connectivity index (χ2v) is 6.77. The van der Waals surface area contributed by atoms with Crippen molar-refractivity contribution in [3.8, 4) is 0 Å². The van der Waals surface area contributed by atoms with Crippen molar-refractivity contribution in [2.45, 2.75) is 38.6 Å². The van der Waals surface area contributed by atoms with Gasteiger partial charge in [-0.25, -0.2) is 0 Å². The summed E-state index contributed by atoms with van der Waals surface area (Å²) in [6.45, 7) is 6.22. The summed E-state index contributed by atoms with van der Waals surface area (Å²) in [7, 11) is 0. The van der Waals surface area contributed by atoms with Gasteiger partial charge < -0.3 is 10.1 Å². The molecule has 126 valence electrons. The van der Waals surface area contributed by atoms with Gasteiger partial charge >= 0.3 is 0 Å². The Kier molecular flexibility index (Phi) is 5.34. The first kappa shape index (κ1) is 16.5. The lowest BCUT2D eigenvalue weighted by Crippen LogP contribution is -2.49. The standard InChI is InChI=1S/C19H28N2O2/c1-2-19(9-6-10-19)18(22)20-15-17(16-7-4-3-5-8-16)21-11-13-23-14-12-21/h3-5,7-8,17H,2,6,9-15H2,1H3,(H,20,22)/t17-/m1/s1. The Balaban J connectivity index is 1.67. The quantitative estimate of drug-likeness (QED) is 0.877. The van der Waals surface area contributed by atoms with Crippen molar-refractivity contribution in [2.75, 3.05) is 32.8 Å². The van der Waals surface area contributed by atoms with E-state index in [2.05, 4.69) is 41.4 Å². The Morgan fingerprint density at radius 2 is 1.96 bits per heavy atom. The molecule has 4 heteroatoms. The maximum absolute atomic E-state index is 12.6. The molecule has 1 aliphatic heterocycles. The minimum absolute atomic E-state index is 0.0910. The number of carbonyl (C=O) groups excluding carboxylic acids is 1. The third-order valence-electron chi connectivity index (χ3n) is 5.60. The molecule has 1 heterocycles. The van der Waals surface area contributed by atoms with Crippen molar-refractivity contribution >= 4 is 5.91 Å². The highest BCUT2D eigenvalue weighted by Crippen LogP contribution is 2.44. The Labute approximate surface area is 139 Å².